The van der Waals surface area contributed by atoms with Gasteiger partial charge >= 0.3 is 0 Å². The molecule has 0 saturated carbocycles. The molecule has 4 nitrogen and oxygen atoms in total. The van der Waals surface area contributed by atoms with Crippen molar-refractivity contribution in [2.45, 2.75) is 39.7 Å². The molecule has 0 amide bonds. The lowest BCUT2D eigenvalue weighted by atomic mass is 10.1. The second kappa shape index (κ2) is 6.23. The van der Waals surface area contributed by atoms with Crippen LogP contribution < -0.4 is 5.32 Å². The second-order valence-corrected chi connectivity index (χ2v) is 5.62. The van der Waals surface area contributed by atoms with E-state index < -0.39 is 0 Å². The third kappa shape index (κ3) is 3.25. The molecule has 0 aliphatic carbocycles. The van der Waals surface area contributed by atoms with Crippen molar-refractivity contribution in [3.8, 4) is 0 Å². The number of hydrogen-bond donors (Lipinski definition) is 1. The first-order chi connectivity index (χ1) is 8.70. The molecule has 2 rings (SSSR count). The number of anilines is 1. The van der Waals surface area contributed by atoms with Gasteiger partial charge in [0.15, 0.2) is 0 Å². The highest BCUT2D eigenvalue weighted by Gasteiger charge is 2.21. The maximum atomic E-state index is 4.45. The average Bonchev–Trinajstić information content (AvgIpc) is 2.84. The third-order valence-corrected chi connectivity index (χ3v) is 3.66. The highest BCUT2D eigenvalue weighted by atomic mass is 15.2. The van der Waals surface area contributed by atoms with E-state index in [2.05, 4.69) is 46.7 Å². The molecule has 1 aliphatic rings. The van der Waals surface area contributed by atoms with Crippen molar-refractivity contribution in [1.29, 1.82) is 0 Å². The van der Waals surface area contributed by atoms with Crippen LogP contribution in [0.5, 0.6) is 0 Å². The summed E-state index contributed by atoms with van der Waals surface area (Å²) in [5.74, 6) is 1.68. The van der Waals surface area contributed by atoms with Gasteiger partial charge in [-0.1, -0.05) is 20.8 Å². The maximum Gasteiger partial charge on any atom is 0.203 e. The summed E-state index contributed by atoms with van der Waals surface area (Å²) >= 11 is 0. The first-order valence-corrected chi connectivity index (χ1v) is 7.19. The zero-order valence-corrected chi connectivity index (χ0v) is 11.9. The highest BCUT2D eigenvalue weighted by molar-refractivity contribution is 5.26. The maximum absolute atomic E-state index is 4.45. The summed E-state index contributed by atoms with van der Waals surface area (Å²) in [6, 6.07) is 0.580. The van der Waals surface area contributed by atoms with Crippen molar-refractivity contribution >= 4 is 5.95 Å². The molecule has 4 heteroatoms. The number of nitrogens with one attached hydrogen (secondary N) is 1. The van der Waals surface area contributed by atoms with Crippen LogP contribution >= 0.6 is 0 Å². The lowest BCUT2D eigenvalue weighted by Crippen LogP contribution is -2.36. The third-order valence-electron chi connectivity index (χ3n) is 3.66. The first kappa shape index (κ1) is 13.4. The van der Waals surface area contributed by atoms with E-state index >= 15 is 0 Å². The predicted octanol–water partition coefficient (Wildman–Crippen LogP) is 2.61. The summed E-state index contributed by atoms with van der Waals surface area (Å²) in [5.41, 5.74) is 0. The summed E-state index contributed by atoms with van der Waals surface area (Å²) in [6.07, 6.45) is 6.59. The summed E-state index contributed by atoms with van der Waals surface area (Å²) in [7, 11) is 0. The minimum Gasteiger partial charge on any atom is -0.355 e. The SMILES string of the molecule is CCN1CCCC(n2ccnc2NCC(C)C)C1. The van der Waals surface area contributed by atoms with Crippen molar-refractivity contribution in [3.05, 3.63) is 12.4 Å². The van der Waals surface area contributed by atoms with Crippen molar-refractivity contribution in [2.24, 2.45) is 5.92 Å². The average molecular weight is 250 g/mol. The Kier molecular flexibility index (Phi) is 4.64. The lowest BCUT2D eigenvalue weighted by molar-refractivity contribution is 0.186. The van der Waals surface area contributed by atoms with Crippen LogP contribution in [-0.2, 0) is 0 Å². The smallest absolute Gasteiger partial charge is 0.203 e. The van der Waals surface area contributed by atoms with Gasteiger partial charge in [-0.3, -0.25) is 0 Å². The van der Waals surface area contributed by atoms with E-state index in [4.69, 9.17) is 0 Å². The van der Waals surface area contributed by atoms with E-state index in [1.165, 1.54) is 19.4 Å². The lowest BCUT2D eigenvalue weighted by Gasteiger charge is -2.33. The number of likely N-dealkylation sites (N-methyl/N-ethyl adjacent to an activating group) is 1. The Morgan fingerprint density at radius 2 is 2.33 bits per heavy atom. The molecule has 1 saturated heterocycles. The van der Waals surface area contributed by atoms with Gasteiger partial charge in [-0.05, 0) is 31.8 Å². The number of rotatable bonds is 5. The van der Waals surface area contributed by atoms with Crippen LogP contribution in [0.2, 0.25) is 0 Å². The molecule has 0 radical (unpaired) electrons. The van der Waals surface area contributed by atoms with Crippen molar-refractivity contribution in [3.63, 3.8) is 0 Å². The van der Waals surface area contributed by atoms with Gasteiger partial charge in [-0.2, -0.15) is 0 Å². The standard InChI is InChI=1S/C14H26N4/c1-4-17-8-5-6-13(11-17)18-9-7-15-14(18)16-10-12(2)3/h7,9,12-13H,4-6,8,10-11H2,1-3H3,(H,15,16). The molecule has 0 bridgehead atoms. The molecule has 1 aliphatic heterocycles. The van der Waals surface area contributed by atoms with Crippen molar-refractivity contribution in [1.82, 2.24) is 14.5 Å². The molecule has 1 aromatic rings. The van der Waals surface area contributed by atoms with Gasteiger partial charge < -0.3 is 14.8 Å². The molecule has 1 atom stereocenters. The van der Waals surface area contributed by atoms with Crippen LogP contribution in [0.4, 0.5) is 5.95 Å². The summed E-state index contributed by atoms with van der Waals surface area (Å²) in [6.45, 7) is 11.2. The van der Waals surface area contributed by atoms with E-state index in [0.29, 0.717) is 12.0 Å². The molecule has 18 heavy (non-hydrogen) atoms. The van der Waals surface area contributed by atoms with Gasteiger partial charge in [0.1, 0.15) is 0 Å². The number of nitrogens with zero attached hydrogens (tertiary/aromatic N) is 3. The van der Waals surface area contributed by atoms with E-state index in [0.717, 1.165) is 25.6 Å². The molecule has 1 fully saturated rings. The zero-order chi connectivity index (χ0) is 13.0. The van der Waals surface area contributed by atoms with Crippen LogP contribution in [0.3, 0.4) is 0 Å². The molecular weight excluding hydrogens is 224 g/mol. The minimum atomic E-state index is 0.580. The molecule has 0 spiro atoms. The molecule has 0 aromatic carbocycles. The topological polar surface area (TPSA) is 33.1 Å². The van der Waals surface area contributed by atoms with Crippen LogP contribution in [0, 0.1) is 5.92 Å². The largest absolute Gasteiger partial charge is 0.355 e. The Hall–Kier alpha value is -1.03. The van der Waals surface area contributed by atoms with Crippen molar-refractivity contribution < 1.29 is 0 Å². The molecule has 1 aromatic heterocycles. The van der Waals surface area contributed by atoms with Gasteiger partial charge in [-0.25, -0.2) is 4.98 Å². The first-order valence-electron chi connectivity index (χ1n) is 7.19. The second-order valence-electron chi connectivity index (χ2n) is 5.62. The number of aromatic nitrogens is 2. The number of hydrogen-bond acceptors (Lipinski definition) is 3. The quantitative estimate of drug-likeness (QED) is 0.872. The van der Waals surface area contributed by atoms with Gasteiger partial charge in [0.2, 0.25) is 5.95 Å². The Balaban J connectivity index is 2.01. The molecular formula is C14H26N4. The van der Waals surface area contributed by atoms with Crippen LogP contribution in [-0.4, -0.2) is 40.6 Å². The monoisotopic (exact) mass is 250 g/mol. The van der Waals surface area contributed by atoms with E-state index in [9.17, 15) is 0 Å². The van der Waals surface area contributed by atoms with Gasteiger partial charge in [0.05, 0.1) is 0 Å². The zero-order valence-electron chi connectivity index (χ0n) is 11.9. The van der Waals surface area contributed by atoms with Gasteiger partial charge in [-0.15, -0.1) is 0 Å². The van der Waals surface area contributed by atoms with Gasteiger partial charge in [0.25, 0.3) is 0 Å². The fourth-order valence-electron chi connectivity index (χ4n) is 2.59. The van der Waals surface area contributed by atoms with Crippen LogP contribution in [0.15, 0.2) is 12.4 Å². The molecule has 102 valence electrons. The summed E-state index contributed by atoms with van der Waals surface area (Å²) in [5, 5.41) is 3.46. The van der Waals surface area contributed by atoms with Crippen LogP contribution in [0.1, 0.15) is 39.7 Å². The normalized spacial score (nSPS) is 21.4. The summed E-state index contributed by atoms with van der Waals surface area (Å²) < 4.78 is 2.32. The minimum absolute atomic E-state index is 0.580. The molecule has 1 unspecified atom stereocenters. The fraction of sp³-hybridized carbons (Fsp3) is 0.786. The number of piperidine rings is 1. The van der Waals surface area contributed by atoms with Gasteiger partial charge in [0, 0.05) is 31.5 Å². The van der Waals surface area contributed by atoms with Crippen LogP contribution in [0.25, 0.3) is 0 Å². The Morgan fingerprint density at radius 1 is 1.50 bits per heavy atom. The predicted molar refractivity (Wildman–Crippen MR) is 75.9 cm³/mol. The Labute approximate surface area is 110 Å². The number of likely N-dealkylation sites (tertiary alicyclic amines) is 1. The molecule has 2 heterocycles. The van der Waals surface area contributed by atoms with E-state index in [-0.39, 0.29) is 0 Å². The van der Waals surface area contributed by atoms with E-state index in [1.54, 1.807) is 0 Å². The number of imidazole rings is 1. The Morgan fingerprint density at radius 3 is 3.06 bits per heavy atom. The molecule has 1 N–H and O–H groups in total. The van der Waals surface area contributed by atoms with Crippen molar-refractivity contribution in [2.75, 3.05) is 31.5 Å². The highest BCUT2D eigenvalue weighted by Crippen LogP contribution is 2.24. The fourth-order valence-corrected chi connectivity index (χ4v) is 2.59. The van der Waals surface area contributed by atoms with E-state index in [1.807, 2.05) is 6.20 Å². The summed E-state index contributed by atoms with van der Waals surface area (Å²) in [4.78, 5) is 6.98. The Bertz CT molecular complexity index is 358.